The molecule has 0 fully saturated rings. The first kappa shape index (κ1) is 11.4. The standard InChI is InChI=1S/C11H15NO3/c1-8(15-9(2)13)12-10-4-6-11(14-3)7-5-10/h4-8,12H,1-3H3. The second kappa shape index (κ2) is 5.24. The maximum absolute atomic E-state index is 10.7. The summed E-state index contributed by atoms with van der Waals surface area (Å²) in [5.41, 5.74) is 0.879. The van der Waals surface area contributed by atoms with Crippen LogP contribution >= 0.6 is 0 Å². The summed E-state index contributed by atoms with van der Waals surface area (Å²) in [4.78, 5) is 10.7. The van der Waals surface area contributed by atoms with E-state index in [4.69, 9.17) is 9.47 Å². The lowest BCUT2D eigenvalue weighted by Gasteiger charge is -2.15. The Morgan fingerprint density at radius 2 is 1.93 bits per heavy atom. The fourth-order valence-corrected chi connectivity index (χ4v) is 1.20. The Morgan fingerprint density at radius 3 is 2.40 bits per heavy atom. The lowest BCUT2D eigenvalue weighted by molar-refractivity contribution is -0.144. The predicted molar refractivity (Wildman–Crippen MR) is 57.8 cm³/mol. The van der Waals surface area contributed by atoms with Crippen LogP contribution in [0.25, 0.3) is 0 Å². The van der Waals surface area contributed by atoms with E-state index in [9.17, 15) is 4.79 Å². The second-order valence-electron chi connectivity index (χ2n) is 3.12. The van der Waals surface area contributed by atoms with Gasteiger partial charge in [-0.25, -0.2) is 0 Å². The molecule has 0 saturated carbocycles. The molecule has 1 N–H and O–H groups in total. The first-order valence-corrected chi connectivity index (χ1v) is 4.69. The molecule has 4 heteroatoms. The zero-order chi connectivity index (χ0) is 11.3. The van der Waals surface area contributed by atoms with Gasteiger partial charge in [0.15, 0.2) is 6.23 Å². The van der Waals surface area contributed by atoms with Gasteiger partial charge in [-0.3, -0.25) is 4.79 Å². The Kier molecular flexibility index (Phi) is 3.97. The van der Waals surface area contributed by atoms with Crippen molar-refractivity contribution in [2.45, 2.75) is 20.1 Å². The van der Waals surface area contributed by atoms with Crippen LogP contribution < -0.4 is 10.1 Å². The summed E-state index contributed by atoms with van der Waals surface area (Å²) in [7, 11) is 1.62. The van der Waals surface area contributed by atoms with Crippen LogP contribution in [-0.4, -0.2) is 19.3 Å². The number of ether oxygens (including phenoxy) is 2. The summed E-state index contributed by atoms with van der Waals surface area (Å²) in [6.45, 7) is 3.15. The number of benzene rings is 1. The van der Waals surface area contributed by atoms with Gasteiger partial charge in [0.25, 0.3) is 0 Å². The van der Waals surface area contributed by atoms with Crippen molar-refractivity contribution < 1.29 is 14.3 Å². The highest BCUT2D eigenvalue weighted by atomic mass is 16.6. The lowest BCUT2D eigenvalue weighted by Crippen LogP contribution is -2.21. The highest BCUT2D eigenvalue weighted by molar-refractivity contribution is 5.66. The molecule has 1 unspecified atom stereocenters. The van der Waals surface area contributed by atoms with Crippen molar-refractivity contribution in [2.75, 3.05) is 12.4 Å². The summed E-state index contributed by atoms with van der Waals surface area (Å²) in [5, 5.41) is 3.03. The maximum atomic E-state index is 10.7. The zero-order valence-electron chi connectivity index (χ0n) is 9.11. The second-order valence-corrected chi connectivity index (χ2v) is 3.12. The topological polar surface area (TPSA) is 47.6 Å². The quantitative estimate of drug-likeness (QED) is 0.608. The van der Waals surface area contributed by atoms with Gasteiger partial charge in [-0.05, 0) is 31.2 Å². The summed E-state index contributed by atoms with van der Waals surface area (Å²) in [6, 6.07) is 7.39. The largest absolute Gasteiger partial charge is 0.497 e. The number of hydrogen-bond donors (Lipinski definition) is 1. The van der Waals surface area contributed by atoms with Crippen LogP contribution in [0.5, 0.6) is 5.75 Å². The van der Waals surface area contributed by atoms with Crippen LogP contribution in [0.3, 0.4) is 0 Å². The number of nitrogens with one attached hydrogen (secondary N) is 1. The van der Waals surface area contributed by atoms with E-state index in [-0.39, 0.29) is 12.2 Å². The minimum absolute atomic E-state index is 0.302. The molecule has 0 aromatic heterocycles. The molecule has 82 valence electrons. The average molecular weight is 209 g/mol. The van der Waals surface area contributed by atoms with E-state index >= 15 is 0 Å². The Labute approximate surface area is 89.2 Å². The van der Waals surface area contributed by atoms with Crippen molar-refractivity contribution in [3.8, 4) is 5.75 Å². The molecule has 0 radical (unpaired) electrons. The van der Waals surface area contributed by atoms with Gasteiger partial charge in [0.05, 0.1) is 7.11 Å². The van der Waals surface area contributed by atoms with Gasteiger partial charge in [0, 0.05) is 12.6 Å². The third kappa shape index (κ3) is 3.89. The molecule has 0 amide bonds. The number of anilines is 1. The van der Waals surface area contributed by atoms with Crippen LogP contribution in [0, 0.1) is 0 Å². The fraction of sp³-hybridized carbons (Fsp3) is 0.364. The lowest BCUT2D eigenvalue weighted by atomic mass is 10.3. The van der Waals surface area contributed by atoms with E-state index in [0.717, 1.165) is 11.4 Å². The minimum atomic E-state index is -0.337. The summed E-state index contributed by atoms with van der Waals surface area (Å²) in [5.74, 6) is 0.490. The average Bonchev–Trinajstić information content (AvgIpc) is 2.17. The van der Waals surface area contributed by atoms with E-state index < -0.39 is 0 Å². The molecule has 1 aromatic rings. The van der Waals surface area contributed by atoms with E-state index in [1.165, 1.54) is 6.92 Å². The number of esters is 1. The first-order chi connectivity index (χ1) is 7.11. The van der Waals surface area contributed by atoms with Gasteiger partial charge in [-0.2, -0.15) is 0 Å². The molecule has 0 aliphatic carbocycles. The molecule has 15 heavy (non-hydrogen) atoms. The van der Waals surface area contributed by atoms with Crippen molar-refractivity contribution in [1.82, 2.24) is 0 Å². The molecule has 0 aliphatic heterocycles. The minimum Gasteiger partial charge on any atom is -0.497 e. The molecule has 4 nitrogen and oxygen atoms in total. The Bertz CT molecular complexity index is 321. The smallest absolute Gasteiger partial charge is 0.304 e. The van der Waals surface area contributed by atoms with Gasteiger partial charge in [0.1, 0.15) is 5.75 Å². The van der Waals surface area contributed by atoms with Gasteiger partial charge < -0.3 is 14.8 Å². The fourth-order valence-electron chi connectivity index (χ4n) is 1.20. The van der Waals surface area contributed by atoms with E-state index in [2.05, 4.69) is 5.32 Å². The van der Waals surface area contributed by atoms with Gasteiger partial charge in [-0.1, -0.05) is 0 Å². The highest BCUT2D eigenvalue weighted by Crippen LogP contribution is 2.15. The van der Waals surface area contributed by atoms with Crippen molar-refractivity contribution in [3.05, 3.63) is 24.3 Å². The van der Waals surface area contributed by atoms with Crippen LogP contribution in [0.4, 0.5) is 5.69 Å². The van der Waals surface area contributed by atoms with Gasteiger partial charge in [-0.15, -0.1) is 0 Å². The molecule has 0 heterocycles. The van der Waals surface area contributed by atoms with Crippen LogP contribution in [0.1, 0.15) is 13.8 Å². The predicted octanol–water partition coefficient (Wildman–Crippen LogP) is 2.02. The van der Waals surface area contributed by atoms with E-state index in [0.29, 0.717) is 0 Å². The van der Waals surface area contributed by atoms with Crippen LogP contribution in [-0.2, 0) is 9.53 Å². The van der Waals surface area contributed by atoms with Crippen molar-refractivity contribution >= 4 is 11.7 Å². The number of methoxy groups -OCH3 is 1. The zero-order valence-corrected chi connectivity index (χ0v) is 9.11. The first-order valence-electron chi connectivity index (χ1n) is 4.69. The molecule has 0 saturated heterocycles. The van der Waals surface area contributed by atoms with Gasteiger partial charge >= 0.3 is 5.97 Å². The van der Waals surface area contributed by atoms with Crippen molar-refractivity contribution in [1.29, 1.82) is 0 Å². The monoisotopic (exact) mass is 209 g/mol. The number of carbonyl (C=O) groups excluding carboxylic acids is 1. The molecular weight excluding hydrogens is 194 g/mol. The molecule has 0 spiro atoms. The summed E-state index contributed by atoms with van der Waals surface area (Å²) in [6.07, 6.45) is -0.337. The Morgan fingerprint density at radius 1 is 1.33 bits per heavy atom. The normalized spacial score (nSPS) is 11.7. The highest BCUT2D eigenvalue weighted by Gasteiger charge is 2.04. The van der Waals surface area contributed by atoms with Gasteiger partial charge in [0.2, 0.25) is 0 Å². The molecule has 1 rings (SSSR count). The number of rotatable bonds is 4. The Balaban J connectivity index is 2.53. The Hall–Kier alpha value is -1.71. The van der Waals surface area contributed by atoms with Crippen molar-refractivity contribution in [2.24, 2.45) is 0 Å². The SMILES string of the molecule is COc1ccc(NC(C)OC(C)=O)cc1. The van der Waals surface area contributed by atoms with E-state index in [1.807, 2.05) is 24.3 Å². The van der Waals surface area contributed by atoms with E-state index in [1.54, 1.807) is 14.0 Å². The number of carbonyl (C=O) groups is 1. The van der Waals surface area contributed by atoms with Crippen LogP contribution in [0.15, 0.2) is 24.3 Å². The summed E-state index contributed by atoms with van der Waals surface area (Å²) < 4.78 is 9.95. The summed E-state index contributed by atoms with van der Waals surface area (Å²) >= 11 is 0. The molecule has 1 atom stereocenters. The molecule has 1 aromatic carbocycles. The van der Waals surface area contributed by atoms with Crippen molar-refractivity contribution in [3.63, 3.8) is 0 Å². The number of hydrogen-bond acceptors (Lipinski definition) is 4. The molecule has 0 bridgehead atoms. The molecule has 0 aliphatic rings. The van der Waals surface area contributed by atoms with Crippen LogP contribution in [0.2, 0.25) is 0 Å². The third-order valence-corrected chi connectivity index (χ3v) is 1.80. The molecular formula is C11H15NO3. The third-order valence-electron chi connectivity index (χ3n) is 1.80. The maximum Gasteiger partial charge on any atom is 0.304 e.